The lowest BCUT2D eigenvalue weighted by molar-refractivity contribution is 1.22. The molecule has 0 N–H and O–H groups in total. The molecule has 356 valence electrons. The molecule has 1 aromatic heterocycles. The van der Waals surface area contributed by atoms with Crippen LogP contribution in [0.15, 0.2) is 273 Å². The van der Waals surface area contributed by atoms with Crippen LogP contribution in [-0.4, -0.2) is 16.7 Å². The fourth-order valence-corrected chi connectivity index (χ4v) is 12.6. The maximum Gasteiger partial charge on any atom is 0.252 e. The van der Waals surface area contributed by atoms with Gasteiger partial charge in [-0.1, -0.05) is 218 Å². The van der Waals surface area contributed by atoms with Crippen LogP contribution < -0.4 is 26.2 Å². The molecular weight excluding hydrogens is 932 g/mol. The summed E-state index contributed by atoms with van der Waals surface area (Å²) in [7, 11) is 0. The van der Waals surface area contributed by atoms with Crippen molar-refractivity contribution in [3.05, 3.63) is 273 Å². The first-order valence-corrected chi connectivity index (χ1v) is 26.5. The predicted molar refractivity (Wildman–Crippen MR) is 325 cm³/mol. The van der Waals surface area contributed by atoms with Gasteiger partial charge in [-0.25, -0.2) is 9.97 Å². The largest absolute Gasteiger partial charge is 0.311 e. The van der Waals surface area contributed by atoms with Gasteiger partial charge in [-0.05, 0) is 136 Å². The molecule has 0 saturated carbocycles. The zero-order valence-electron chi connectivity index (χ0n) is 41.8. The quantitative estimate of drug-likeness (QED) is 0.123. The van der Waals surface area contributed by atoms with Gasteiger partial charge in [0, 0.05) is 50.6 Å². The van der Waals surface area contributed by atoms with Crippen molar-refractivity contribution >= 4 is 111 Å². The van der Waals surface area contributed by atoms with Gasteiger partial charge in [0.1, 0.15) is 0 Å². The first kappa shape index (κ1) is 43.3. The summed E-state index contributed by atoms with van der Waals surface area (Å²) in [6.45, 7) is -0.132. The van der Waals surface area contributed by atoms with Crippen LogP contribution in [0.4, 0.5) is 34.1 Å². The lowest BCUT2D eigenvalue weighted by Gasteiger charge is -2.44. The summed E-state index contributed by atoms with van der Waals surface area (Å²) in [6.07, 6.45) is 0. The summed E-state index contributed by atoms with van der Waals surface area (Å²) in [6, 6.07) is 100. The van der Waals surface area contributed by atoms with Crippen LogP contribution in [0.3, 0.4) is 0 Å². The first-order valence-electron chi connectivity index (χ1n) is 26.5. The molecule has 14 aromatic rings. The van der Waals surface area contributed by atoms with Gasteiger partial charge in [0.15, 0.2) is 5.82 Å². The van der Waals surface area contributed by atoms with Crippen LogP contribution in [-0.2, 0) is 0 Å². The Hall–Kier alpha value is -10.1. The second-order valence-corrected chi connectivity index (χ2v) is 20.5. The number of benzene rings is 13. The third kappa shape index (κ3) is 6.94. The van der Waals surface area contributed by atoms with Crippen molar-refractivity contribution in [1.29, 1.82) is 0 Å². The summed E-state index contributed by atoms with van der Waals surface area (Å²) in [5, 5.41) is 10.8. The summed E-state index contributed by atoms with van der Waals surface area (Å²) >= 11 is 0. The molecular formula is C72H45BN4. The third-order valence-electron chi connectivity index (χ3n) is 16.2. The van der Waals surface area contributed by atoms with Crippen molar-refractivity contribution in [3.63, 3.8) is 0 Å². The Labute approximate surface area is 446 Å². The van der Waals surface area contributed by atoms with Crippen LogP contribution in [0.5, 0.6) is 0 Å². The zero-order valence-corrected chi connectivity index (χ0v) is 41.8. The van der Waals surface area contributed by atoms with Crippen LogP contribution in [0.1, 0.15) is 0 Å². The van der Waals surface area contributed by atoms with Crippen molar-refractivity contribution < 1.29 is 0 Å². The van der Waals surface area contributed by atoms with Crippen molar-refractivity contribution in [1.82, 2.24) is 9.97 Å². The molecule has 77 heavy (non-hydrogen) atoms. The Morgan fingerprint density at radius 3 is 1.19 bits per heavy atom. The molecule has 4 nitrogen and oxygen atoms in total. The Bertz CT molecular complexity index is 4440. The van der Waals surface area contributed by atoms with E-state index in [0.29, 0.717) is 5.82 Å². The van der Waals surface area contributed by atoms with Gasteiger partial charge in [0.25, 0.3) is 6.71 Å². The van der Waals surface area contributed by atoms with Crippen LogP contribution in [0.2, 0.25) is 0 Å². The van der Waals surface area contributed by atoms with Gasteiger partial charge < -0.3 is 9.80 Å². The average molecular weight is 977 g/mol. The molecule has 0 radical (unpaired) electrons. The molecule has 13 aromatic carbocycles. The Balaban J connectivity index is 1.05. The lowest BCUT2D eigenvalue weighted by Crippen LogP contribution is -2.61. The van der Waals surface area contributed by atoms with E-state index in [1.165, 1.54) is 81.7 Å². The smallest absolute Gasteiger partial charge is 0.252 e. The van der Waals surface area contributed by atoms with Gasteiger partial charge in [-0.3, -0.25) is 0 Å². The number of rotatable bonds is 6. The number of para-hydroxylation sites is 1. The minimum absolute atomic E-state index is 0.132. The van der Waals surface area contributed by atoms with Gasteiger partial charge in [0.05, 0.1) is 11.2 Å². The molecule has 16 rings (SSSR count). The van der Waals surface area contributed by atoms with E-state index in [4.69, 9.17) is 9.97 Å². The van der Waals surface area contributed by atoms with E-state index in [0.717, 1.165) is 61.8 Å². The fraction of sp³-hybridized carbons (Fsp3) is 0. The van der Waals surface area contributed by atoms with Crippen LogP contribution >= 0.6 is 0 Å². The second kappa shape index (κ2) is 17.2. The van der Waals surface area contributed by atoms with Gasteiger partial charge in [-0.15, -0.1) is 0 Å². The molecule has 0 atom stereocenters. The minimum Gasteiger partial charge on any atom is -0.311 e. The molecule has 0 aliphatic carbocycles. The molecule has 0 saturated heterocycles. The Kier molecular flexibility index (Phi) is 9.70. The Morgan fingerprint density at radius 1 is 0.273 bits per heavy atom. The number of nitrogens with zero attached hydrogens (tertiary/aromatic N) is 4. The number of aromatic nitrogens is 2. The van der Waals surface area contributed by atoms with Gasteiger partial charge in [-0.2, -0.15) is 0 Å². The normalized spacial score (nSPS) is 12.6. The van der Waals surface area contributed by atoms with E-state index in [1.54, 1.807) is 0 Å². The topological polar surface area (TPSA) is 32.3 Å². The van der Waals surface area contributed by atoms with Crippen molar-refractivity contribution in [2.75, 3.05) is 9.80 Å². The van der Waals surface area contributed by atoms with Crippen molar-refractivity contribution in [2.24, 2.45) is 0 Å². The first-order chi connectivity index (χ1) is 38.2. The standard InChI is InChI=1S/C72H45BN4/c1-4-16-46(17-5-1)48-32-36-56(37-33-48)76-66-44-61-53(30-28-50-20-10-12-24-58(50)61)40-63(66)73-64-41-54-31-29-51-21-11-13-25-59(51)62(54)45-67(64)77(57-38-34-49(35-39-57)47-18-6-2-7-19-47)69-43-55(42-68(76)70(69)73)71-60-26-14-15-27-65(60)74-72(75-71)52-22-8-3-9-23-52/h1-45H. The molecule has 5 heteroatoms. The molecule has 3 heterocycles. The van der Waals surface area contributed by atoms with Gasteiger partial charge in [0.2, 0.25) is 0 Å². The highest BCUT2D eigenvalue weighted by atomic mass is 15.2. The summed E-state index contributed by atoms with van der Waals surface area (Å²) in [4.78, 5) is 15.9. The maximum atomic E-state index is 5.58. The molecule has 0 spiro atoms. The van der Waals surface area contributed by atoms with Crippen LogP contribution in [0, 0.1) is 0 Å². The average Bonchev–Trinajstić information content (AvgIpc) is 3.68. The molecule has 0 unspecified atom stereocenters. The lowest BCUT2D eigenvalue weighted by atomic mass is 9.33. The maximum absolute atomic E-state index is 5.58. The predicted octanol–water partition coefficient (Wildman–Crippen LogP) is 17.0. The van der Waals surface area contributed by atoms with E-state index in [9.17, 15) is 0 Å². The SMILES string of the molecule is c1ccc(-c2ccc(N3c4cc5c(ccc6ccccc65)cc4B4c5cc6ccc7ccccc7c6cc5N(c5ccc(-c6ccccc6)cc5)c5cc(-c6nc(-c7ccccc7)nc7ccccc67)cc3c54)cc2)cc1. The third-order valence-corrected chi connectivity index (χ3v) is 16.2. The van der Waals surface area contributed by atoms with Gasteiger partial charge >= 0.3 is 0 Å². The number of anilines is 6. The monoisotopic (exact) mass is 976 g/mol. The zero-order chi connectivity index (χ0) is 50.6. The van der Waals surface area contributed by atoms with E-state index >= 15 is 0 Å². The molecule has 2 aliphatic rings. The Morgan fingerprint density at radius 2 is 0.688 bits per heavy atom. The van der Waals surface area contributed by atoms with E-state index in [-0.39, 0.29) is 6.71 Å². The highest BCUT2D eigenvalue weighted by molar-refractivity contribution is 7.00. The highest BCUT2D eigenvalue weighted by Gasteiger charge is 2.44. The van der Waals surface area contributed by atoms with Crippen molar-refractivity contribution in [3.8, 4) is 44.9 Å². The number of fused-ring (bicyclic) bond motifs is 11. The molecule has 2 aliphatic heterocycles. The molecule has 0 fully saturated rings. The number of hydrogen-bond donors (Lipinski definition) is 0. The fourth-order valence-electron chi connectivity index (χ4n) is 12.6. The summed E-state index contributed by atoms with van der Waals surface area (Å²) in [5.74, 6) is 0.692. The van der Waals surface area contributed by atoms with E-state index < -0.39 is 0 Å². The second-order valence-electron chi connectivity index (χ2n) is 20.5. The summed E-state index contributed by atoms with van der Waals surface area (Å²) < 4.78 is 0. The molecule has 0 bridgehead atoms. The van der Waals surface area contributed by atoms with E-state index in [1.807, 2.05) is 6.07 Å². The summed E-state index contributed by atoms with van der Waals surface area (Å²) in [5.41, 5.74) is 18.9. The minimum atomic E-state index is -0.132. The number of hydrogen-bond acceptors (Lipinski definition) is 4. The van der Waals surface area contributed by atoms with Crippen LogP contribution in [0.25, 0.3) is 98.9 Å². The highest BCUT2D eigenvalue weighted by Crippen LogP contribution is 2.49. The van der Waals surface area contributed by atoms with E-state index in [2.05, 4.69) is 277 Å². The van der Waals surface area contributed by atoms with Crippen molar-refractivity contribution in [2.45, 2.75) is 0 Å². The molecule has 0 amide bonds.